The third-order valence-electron chi connectivity index (χ3n) is 10.7. The van der Waals surface area contributed by atoms with Crippen molar-refractivity contribution in [1.82, 2.24) is 25.2 Å². The minimum Gasteiger partial charge on any atom is -0.480 e. The summed E-state index contributed by atoms with van der Waals surface area (Å²) in [6.45, 7) is 3.03. The highest BCUT2D eigenvalue weighted by Crippen LogP contribution is 2.48. The molecule has 2 aromatic heterocycles. The molecule has 3 unspecified atom stereocenters. The average molecular weight is 774 g/mol. The number of fused-ring (bicyclic) bond motifs is 2. The summed E-state index contributed by atoms with van der Waals surface area (Å²) in [6, 6.07) is 17.0. The second-order valence-corrected chi connectivity index (χ2v) is 17.8. The average Bonchev–Trinajstić information content (AvgIpc) is 3.68. The Labute approximate surface area is 317 Å². The minimum atomic E-state index is -3.84. The fourth-order valence-corrected chi connectivity index (χ4v) is 10.8. The number of likely N-dealkylation sites (tertiary alicyclic amines) is 1. The Morgan fingerprint density at radius 1 is 1.07 bits per heavy atom. The topological polar surface area (TPSA) is 167 Å². The van der Waals surface area contributed by atoms with Crippen LogP contribution in [0.15, 0.2) is 79.1 Å². The first-order valence-electron chi connectivity index (χ1n) is 18.1. The highest BCUT2D eigenvalue weighted by molar-refractivity contribution is 7.56. The molecule has 3 aliphatic rings. The summed E-state index contributed by atoms with van der Waals surface area (Å²) in [5.74, 6) is -1.32. The number of carbonyl (C=O) groups excluding carboxylic acids is 3. The summed E-state index contributed by atoms with van der Waals surface area (Å²) in [5.41, 5.74) is 1.26. The molecular weight excluding hydrogens is 729 g/mol. The fourth-order valence-electron chi connectivity index (χ4n) is 7.88. The summed E-state index contributed by atoms with van der Waals surface area (Å²) >= 11 is 1.28. The van der Waals surface area contributed by atoms with Gasteiger partial charge in [-0.1, -0.05) is 30.3 Å². The number of aliphatic carboxylic acids is 1. The molecule has 5 heterocycles. The van der Waals surface area contributed by atoms with Crippen LogP contribution in [-0.2, 0) is 29.8 Å². The van der Waals surface area contributed by atoms with E-state index in [0.29, 0.717) is 42.1 Å². The van der Waals surface area contributed by atoms with E-state index in [0.717, 1.165) is 34.9 Å². The number of hydrogen-bond acceptors (Lipinski definition) is 9. The van der Waals surface area contributed by atoms with E-state index >= 15 is 0 Å². The molecule has 54 heavy (non-hydrogen) atoms. The standard InChI is InChI=1S/C39H44N5O8PS/c1-39-15-6-11-30(36(46)44(39)32(14-16-39)37(47)43-21-28(22-43)26-8-7-17-40-20-26)41-35(45)34-19-27-18-25(12-13-33(27)54-34)24-53(50,42-31(23-51-2)38(48)49)52-29-9-4-3-5-10-29/h3-5,7-10,12-13,17-20,28,30-32H,6,11,14-16,21-24H2,1-2H3,(H,41,45)(H,42,50)(H,48,49)/t30-,31?,32-,39?,53?/m0/s1. The molecule has 13 nitrogen and oxygen atoms in total. The predicted octanol–water partition coefficient (Wildman–Crippen LogP) is 5.42. The third kappa shape index (κ3) is 7.93. The lowest BCUT2D eigenvalue weighted by Crippen LogP contribution is -2.60. The molecule has 15 heteroatoms. The Balaban J connectivity index is 1.04. The lowest BCUT2D eigenvalue weighted by atomic mass is 9.92. The molecular formula is C39H44N5O8PS. The van der Waals surface area contributed by atoms with Crippen molar-refractivity contribution < 1.29 is 38.1 Å². The van der Waals surface area contributed by atoms with Gasteiger partial charge in [0.15, 0.2) is 0 Å². The number of methoxy groups -OCH3 is 1. The molecule has 0 spiro atoms. The van der Waals surface area contributed by atoms with Gasteiger partial charge in [0.05, 0.1) is 17.6 Å². The lowest BCUT2D eigenvalue weighted by Gasteiger charge is -2.44. The number of nitrogens with one attached hydrogen (secondary N) is 2. The molecule has 2 aromatic carbocycles. The van der Waals surface area contributed by atoms with Gasteiger partial charge in [0.2, 0.25) is 11.8 Å². The molecule has 3 aliphatic heterocycles. The molecule has 284 valence electrons. The van der Waals surface area contributed by atoms with E-state index in [9.17, 15) is 28.8 Å². The van der Waals surface area contributed by atoms with Gasteiger partial charge >= 0.3 is 13.5 Å². The van der Waals surface area contributed by atoms with Gasteiger partial charge in [-0.15, -0.1) is 11.3 Å². The van der Waals surface area contributed by atoms with E-state index in [1.165, 1.54) is 18.4 Å². The third-order valence-corrected chi connectivity index (χ3v) is 13.8. The maximum absolute atomic E-state index is 14.2. The molecule has 0 radical (unpaired) electrons. The van der Waals surface area contributed by atoms with Crippen molar-refractivity contribution in [2.45, 2.75) is 74.8 Å². The summed E-state index contributed by atoms with van der Waals surface area (Å²) < 4.78 is 25.9. The van der Waals surface area contributed by atoms with Crippen molar-refractivity contribution in [2.75, 3.05) is 26.8 Å². The zero-order valence-electron chi connectivity index (χ0n) is 30.2. The number of amides is 3. The lowest BCUT2D eigenvalue weighted by molar-refractivity contribution is -0.151. The predicted molar refractivity (Wildman–Crippen MR) is 204 cm³/mol. The molecule has 4 aromatic rings. The van der Waals surface area contributed by atoms with Crippen LogP contribution in [0.4, 0.5) is 0 Å². The Bertz CT molecular complexity index is 2080. The van der Waals surface area contributed by atoms with Crippen LogP contribution in [0.5, 0.6) is 5.75 Å². The summed E-state index contributed by atoms with van der Waals surface area (Å²) in [7, 11) is -2.48. The van der Waals surface area contributed by atoms with Crippen LogP contribution in [0.3, 0.4) is 0 Å². The number of rotatable bonds is 13. The van der Waals surface area contributed by atoms with Crippen LogP contribution in [0, 0.1) is 0 Å². The van der Waals surface area contributed by atoms with Gasteiger partial charge in [-0.3, -0.25) is 28.7 Å². The normalized spacial score (nSPS) is 23.2. The zero-order valence-corrected chi connectivity index (χ0v) is 31.9. The highest BCUT2D eigenvalue weighted by Gasteiger charge is 2.53. The monoisotopic (exact) mass is 773 g/mol. The number of carboxylic acids is 1. The van der Waals surface area contributed by atoms with Crippen LogP contribution in [0.1, 0.15) is 65.7 Å². The molecule has 3 saturated heterocycles. The van der Waals surface area contributed by atoms with Gasteiger partial charge in [-0.05, 0) is 91.9 Å². The Hall–Kier alpha value is -4.62. The first-order chi connectivity index (χ1) is 25.9. The molecule has 0 saturated carbocycles. The Morgan fingerprint density at radius 3 is 2.59 bits per heavy atom. The molecule has 5 atom stereocenters. The van der Waals surface area contributed by atoms with E-state index in [2.05, 4.69) is 22.3 Å². The van der Waals surface area contributed by atoms with Gasteiger partial charge in [0.1, 0.15) is 23.9 Å². The van der Waals surface area contributed by atoms with Gasteiger partial charge in [0, 0.05) is 48.7 Å². The number of aromatic nitrogens is 1. The largest absolute Gasteiger partial charge is 0.480 e. The van der Waals surface area contributed by atoms with Gasteiger partial charge < -0.3 is 29.5 Å². The Kier molecular flexibility index (Phi) is 10.9. The van der Waals surface area contributed by atoms with Crippen molar-refractivity contribution in [2.24, 2.45) is 0 Å². The molecule has 3 amide bonds. The first-order valence-corrected chi connectivity index (χ1v) is 20.8. The number of ether oxygens (including phenoxy) is 1. The molecule has 3 N–H and O–H groups in total. The second-order valence-electron chi connectivity index (χ2n) is 14.6. The van der Waals surface area contributed by atoms with Gasteiger partial charge in [-0.2, -0.15) is 0 Å². The van der Waals surface area contributed by atoms with Crippen LogP contribution in [-0.4, -0.2) is 94.1 Å². The molecule has 7 rings (SSSR count). The van der Waals surface area contributed by atoms with Crippen molar-refractivity contribution >= 4 is 52.6 Å². The number of carbonyl (C=O) groups is 4. The van der Waals surface area contributed by atoms with Crippen LogP contribution < -0.4 is 14.9 Å². The van der Waals surface area contributed by atoms with Crippen LogP contribution >= 0.6 is 18.9 Å². The van der Waals surface area contributed by atoms with Crippen molar-refractivity contribution in [3.63, 3.8) is 0 Å². The van der Waals surface area contributed by atoms with Gasteiger partial charge in [0.25, 0.3) is 5.91 Å². The fraction of sp³-hybridized carbons (Fsp3) is 0.410. The van der Waals surface area contributed by atoms with E-state index in [-0.39, 0.29) is 36.4 Å². The smallest absolute Gasteiger partial charge is 0.323 e. The maximum Gasteiger partial charge on any atom is 0.323 e. The number of para-hydroxylation sites is 1. The first kappa shape index (κ1) is 37.7. The maximum atomic E-state index is 14.2. The number of thiophene rings is 1. The SMILES string of the molecule is COCC(NP(=O)(Cc1ccc2sc(C(=O)N[C@H]3CCCC4(C)CC[C@@H](C(=O)N5CC(c6cccnc6)C5)N4C3=O)cc2c1)Oc1ccccc1)C(=O)O. The number of nitrogens with zero attached hydrogens (tertiary/aromatic N) is 3. The number of benzene rings is 2. The van der Waals surface area contributed by atoms with Gasteiger partial charge in [-0.25, -0.2) is 5.09 Å². The van der Waals surface area contributed by atoms with E-state index in [1.54, 1.807) is 59.6 Å². The highest BCUT2D eigenvalue weighted by atomic mass is 32.1. The summed E-state index contributed by atoms with van der Waals surface area (Å²) in [6.07, 6.45) is 6.73. The molecule has 0 bridgehead atoms. The van der Waals surface area contributed by atoms with Crippen molar-refractivity contribution in [3.8, 4) is 5.75 Å². The number of pyridine rings is 1. The molecule has 3 fully saturated rings. The van der Waals surface area contributed by atoms with E-state index < -0.39 is 37.2 Å². The second kappa shape index (κ2) is 15.6. The minimum absolute atomic E-state index is 0.0365. The quantitative estimate of drug-likeness (QED) is 0.150. The number of carboxylic acid groups (broad SMARTS) is 1. The van der Waals surface area contributed by atoms with Crippen molar-refractivity contribution in [3.05, 3.63) is 95.1 Å². The summed E-state index contributed by atoms with van der Waals surface area (Å²) in [4.78, 5) is 61.9. The van der Waals surface area contributed by atoms with Crippen LogP contribution in [0.2, 0.25) is 0 Å². The summed E-state index contributed by atoms with van der Waals surface area (Å²) in [5, 5.41) is 16.1. The van der Waals surface area contributed by atoms with Crippen LogP contribution in [0.25, 0.3) is 10.1 Å². The zero-order chi connectivity index (χ0) is 38.0. The van der Waals surface area contributed by atoms with Crippen molar-refractivity contribution in [1.29, 1.82) is 0 Å². The van der Waals surface area contributed by atoms with E-state index in [1.807, 2.05) is 29.3 Å². The number of hydrogen-bond donors (Lipinski definition) is 3. The molecule has 0 aliphatic carbocycles. The van der Waals surface area contributed by atoms with E-state index in [4.69, 9.17) is 9.26 Å². The Morgan fingerprint density at radius 2 is 1.87 bits per heavy atom.